The number of alkyl halides is 6. The highest BCUT2D eigenvalue weighted by Gasteiger charge is 2.60. The molecule has 3 aromatic carbocycles. The van der Waals surface area contributed by atoms with E-state index in [2.05, 4.69) is 9.47 Å². The summed E-state index contributed by atoms with van der Waals surface area (Å²) in [6.07, 6.45) is -10.4. The molecule has 3 aromatic rings. The summed E-state index contributed by atoms with van der Waals surface area (Å²) in [5.74, 6) is -0.927. The second-order valence-electron chi connectivity index (χ2n) is 6.80. The van der Waals surface area contributed by atoms with Crippen LogP contribution < -0.4 is 9.47 Å². The Hall–Kier alpha value is -3.20. The summed E-state index contributed by atoms with van der Waals surface area (Å²) in [4.78, 5) is 0. The summed E-state index contributed by atoms with van der Waals surface area (Å²) in [7, 11) is 0. The Morgan fingerprint density at radius 3 is 1.58 bits per heavy atom. The molecule has 1 atom stereocenters. The highest BCUT2D eigenvalue weighted by Crippen LogP contribution is 2.61. The Balaban J connectivity index is 1.79. The lowest BCUT2D eigenvalue weighted by molar-refractivity contribution is -0.275. The SMILES string of the molecule is FC(F)(F)Oc1cccc(C2(c3cccc(OC(F)(F)F)c3)O[C@H]2c2ccccc2)c1. The summed E-state index contributed by atoms with van der Waals surface area (Å²) in [5, 5.41) is 0. The number of epoxide rings is 1. The molecule has 1 heterocycles. The molecule has 0 radical (unpaired) electrons. The van der Waals surface area contributed by atoms with E-state index in [4.69, 9.17) is 4.74 Å². The second kappa shape index (κ2) is 7.49. The van der Waals surface area contributed by atoms with E-state index < -0.39 is 35.9 Å². The van der Waals surface area contributed by atoms with Crippen LogP contribution in [-0.2, 0) is 10.3 Å². The van der Waals surface area contributed by atoms with Gasteiger partial charge in [-0.15, -0.1) is 26.3 Å². The van der Waals surface area contributed by atoms with E-state index >= 15 is 0 Å². The van der Waals surface area contributed by atoms with Gasteiger partial charge in [0.2, 0.25) is 0 Å². The van der Waals surface area contributed by atoms with Gasteiger partial charge in [-0.25, -0.2) is 0 Å². The summed E-state index contributed by atoms with van der Waals surface area (Å²) in [5.41, 5.74) is 0.00315. The number of halogens is 6. The fraction of sp³-hybridized carbons (Fsp3) is 0.182. The Bertz CT molecular complexity index is 1000. The van der Waals surface area contributed by atoms with Gasteiger partial charge >= 0.3 is 12.7 Å². The molecule has 0 bridgehead atoms. The summed E-state index contributed by atoms with van der Waals surface area (Å²) >= 11 is 0. The first-order chi connectivity index (χ1) is 14.6. The summed E-state index contributed by atoms with van der Waals surface area (Å²) < 4.78 is 90.1. The highest BCUT2D eigenvalue weighted by molar-refractivity contribution is 5.50. The molecule has 0 amide bonds. The van der Waals surface area contributed by atoms with Crippen LogP contribution in [0.25, 0.3) is 0 Å². The first kappa shape index (κ1) is 21.0. The predicted molar refractivity (Wildman–Crippen MR) is 97.3 cm³/mol. The molecule has 1 aliphatic heterocycles. The van der Waals surface area contributed by atoms with Crippen LogP contribution in [-0.4, -0.2) is 12.7 Å². The Morgan fingerprint density at radius 2 is 1.13 bits per heavy atom. The number of hydrogen-bond acceptors (Lipinski definition) is 3. The van der Waals surface area contributed by atoms with E-state index in [1.165, 1.54) is 24.3 Å². The normalized spacial score (nSPS) is 17.8. The van der Waals surface area contributed by atoms with Gasteiger partial charge in [0.25, 0.3) is 0 Å². The summed E-state index contributed by atoms with van der Waals surface area (Å²) in [6.45, 7) is 0. The van der Waals surface area contributed by atoms with E-state index in [-0.39, 0.29) is 0 Å². The molecular weight excluding hydrogens is 426 g/mol. The third kappa shape index (κ3) is 4.61. The fourth-order valence-electron chi connectivity index (χ4n) is 3.54. The zero-order valence-corrected chi connectivity index (χ0v) is 15.6. The molecule has 0 N–H and O–H groups in total. The lowest BCUT2D eigenvalue weighted by Crippen LogP contribution is -2.19. The number of hydrogen-bond donors (Lipinski definition) is 0. The largest absolute Gasteiger partial charge is 0.573 e. The van der Waals surface area contributed by atoms with Crippen LogP contribution in [0.2, 0.25) is 0 Å². The van der Waals surface area contributed by atoms with Gasteiger partial charge in [-0.05, 0) is 41.0 Å². The van der Waals surface area contributed by atoms with Gasteiger partial charge in [0, 0.05) is 0 Å². The smallest absolute Gasteiger partial charge is 0.406 e. The molecule has 31 heavy (non-hydrogen) atoms. The monoisotopic (exact) mass is 440 g/mol. The van der Waals surface area contributed by atoms with Crippen LogP contribution in [0.15, 0.2) is 78.9 Å². The molecule has 3 nitrogen and oxygen atoms in total. The van der Waals surface area contributed by atoms with Crippen molar-refractivity contribution < 1.29 is 40.6 Å². The fourth-order valence-corrected chi connectivity index (χ4v) is 3.54. The minimum atomic E-state index is -4.89. The molecule has 0 aromatic heterocycles. The Labute approximate surface area is 172 Å². The number of rotatable bonds is 5. The van der Waals surface area contributed by atoms with Crippen LogP contribution in [0.1, 0.15) is 22.8 Å². The van der Waals surface area contributed by atoms with E-state index in [1.807, 2.05) is 0 Å². The molecule has 162 valence electrons. The van der Waals surface area contributed by atoms with Crippen LogP contribution >= 0.6 is 0 Å². The first-order valence-corrected chi connectivity index (χ1v) is 9.02. The zero-order valence-electron chi connectivity index (χ0n) is 15.6. The molecule has 9 heteroatoms. The van der Waals surface area contributed by atoms with Crippen molar-refractivity contribution in [2.45, 2.75) is 24.4 Å². The Kier molecular flexibility index (Phi) is 5.09. The van der Waals surface area contributed by atoms with Gasteiger partial charge in [-0.3, -0.25) is 0 Å². The van der Waals surface area contributed by atoms with Crippen LogP contribution in [0.3, 0.4) is 0 Å². The quantitative estimate of drug-likeness (QED) is 0.335. The van der Waals surface area contributed by atoms with Crippen molar-refractivity contribution in [3.63, 3.8) is 0 Å². The first-order valence-electron chi connectivity index (χ1n) is 9.02. The van der Waals surface area contributed by atoms with Crippen LogP contribution in [0.4, 0.5) is 26.3 Å². The van der Waals surface area contributed by atoms with Crippen molar-refractivity contribution in [1.82, 2.24) is 0 Å². The molecule has 1 saturated heterocycles. The van der Waals surface area contributed by atoms with Gasteiger partial charge in [0.1, 0.15) is 23.2 Å². The number of ether oxygens (including phenoxy) is 3. The standard InChI is InChI=1S/C22H14F6O3/c23-21(24,25)29-17-10-4-8-15(12-17)20(19(31-20)14-6-2-1-3-7-14)16-9-5-11-18(13-16)30-22(26,27)28/h1-13,19H/t19-/m0/s1. The lowest BCUT2D eigenvalue weighted by atomic mass is 9.85. The van der Waals surface area contributed by atoms with Crippen LogP contribution in [0.5, 0.6) is 11.5 Å². The summed E-state index contributed by atoms with van der Waals surface area (Å²) in [6, 6.07) is 19.2. The minimum Gasteiger partial charge on any atom is -0.406 e. The minimum absolute atomic E-state index is 0.298. The molecule has 0 saturated carbocycles. The van der Waals surface area contributed by atoms with Crippen molar-refractivity contribution in [3.05, 3.63) is 95.6 Å². The maximum atomic E-state index is 12.7. The van der Waals surface area contributed by atoms with E-state index in [0.717, 1.165) is 24.3 Å². The van der Waals surface area contributed by atoms with Gasteiger partial charge < -0.3 is 14.2 Å². The molecule has 0 unspecified atom stereocenters. The molecule has 0 aliphatic carbocycles. The topological polar surface area (TPSA) is 31.0 Å². The van der Waals surface area contributed by atoms with Gasteiger partial charge in [0.15, 0.2) is 0 Å². The predicted octanol–water partition coefficient (Wildman–Crippen LogP) is 6.50. The van der Waals surface area contributed by atoms with E-state index in [1.54, 1.807) is 30.3 Å². The molecular formula is C22H14F6O3. The molecule has 0 spiro atoms. The maximum absolute atomic E-state index is 12.7. The average Bonchev–Trinajstić information content (AvgIpc) is 3.44. The van der Waals surface area contributed by atoms with Crippen molar-refractivity contribution in [3.8, 4) is 11.5 Å². The van der Waals surface area contributed by atoms with Gasteiger partial charge in [0.05, 0.1) is 0 Å². The van der Waals surface area contributed by atoms with Gasteiger partial charge in [-0.1, -0.05) is 54.6 Å². The van der Waals surface area contributed by atoms with E-state index in [9.17, 15) is 26.3 Å². The van der Waals surface area contributed by atoms with Crippen molar-refractivity contribution in [2.24, 2.45) is 0 Å². The third-order valence-electron chi connectivity index (χ3n) is 4.71. The van der Waals surface area contributed by atoms with E-state index in [0.29, 0.717) is 16.7 Å². The molecule has 4 rings (SSSR count). The second-order valence-corrected chi connectivity index (χ2v) is 6.80. The van der Waals surface area contributed by atoms with Crippen molar-refractivity contribution >= 4 is 0 Å². The average molecular weight is 440 g/mol. The van der Waals surface area contributed by atoms with Crippen molar-refractivity contribution in [1.29, 1.82) is 0 Å². The van der Waals surface area contributed by atoms with Gasteiger partial charge in [-0.2, -0.15) is 0 Å². The van der Waals surface area contributed by atoms with Crippen molar-refractivity contribution in [2.75, 3.05) is 0 Å². The molecule has 1 aliphatic rings. The zero-order chi connectivity index (χ0) is 22.3. The highest BCUT2D eigenvalue weighted by atomic mass is 19.4. The third-order valence-corrected chi connectivity index (χ3v) is 4.71. The lowest BCUT2D eigenvalue weighted by Gasteiger charge is -2.18. The van der Waals surface area contributed by atoms with Crippen LogP contribution in [0, 0.1) is 0 Å². The number of benzene rings is 3. The maximum Gasteiger partial charge on any atom is 0.573 e. The Morgan fingerprint density at radius 1 is 0.645 bits per heavy atom. The molecule has 1 fully saturated rings.